The molecule has 0 aliphatic rings. The molecule has 0 saturated carbocycles. The number of pyridine rings is 1. The second kappa shape index (κ2) is 13.6. The van der Waals surface area contributed by atoms with Crippen LogP contribution < -0.4 is 9.67 Å². The maximum absolute atomic E-state index is 8.89. The van der Waals surface area contributed by atoms with E-state index < -0.39 is 5.97 Å². The number of aryl methyl sites for hydroxylation is 2. The molecule has 0 bridgehead atoms. The summed E-state index contributed by atoms with van der Waals surface area (Å²) in [7, 11) is 0. The molecule has 1 aromatic rings. The van der Waals surface area contributed by atoms with Gasteiger partial charge in [0.1, 0.15) is 6.54 Å². The van der Waals surface area contributed by atoms with Gasteiger partial charge in [-0.2, -0.15) is 0 Å². The Morgan fingerprint density at radius 1 is 1.00 bits per heavy atom. The van der Waals surface area contributed by atoms with E-state index in [1.54, 1.807) is 0 Å². The van der Waals surface area contributed by atoms with Crippen molar-refractivity contribution >= 4 is 5.97 Å². The summed E-state index contributed by atoms with van der Waals surface area (Å²) in [5.74, 6) is -1.08. The molecule has 0 aliphatic carbocycles. The molecule has 3 nitrogen and oxygen atoms in total. The van der Waals surface area contributed by atoms with Gasteiger partial charge in [-0.15, -0.1) is 0 Å². The second-order valence-corrected chi connectivity index (χ2v) is 5.58. The molecule has 0 aromatic carbocycles. The number of carboxylic acids is 1. The summed E-state index contributed by atoms with van der Waals surface area (Å²) in [5.41, 5.74) is 1.34. The Morgan fingerprint density at radius 3 is 1.90 bits per heavy atom. The zero-order valence-electron chi connectivity index (χ0n) is 13.9. The predicted molar refractivity (Wildman–Crippen MR) is 84.7 cm³/mol. The minimum Gasteiger partial charge on any atom is -0.550 e. The van der Waals surface area contributed by atoms with Gasteiger partial charge in [0.15, 0.2) is 12.4 Å². The van der Waals surface area contributed by atoms with E-state index in [0.29, 0.717) is 0 Å². The molecule has 0 atom stereocenters. The van der Waals surface area contributed by atoms with Gasteiger partial charge < -0.3 is 9.90 Å². The third-order valence-electron chi connectivity index (χ3n) is 3.33. The van der Waals surface area contributed by atoms with Gasteiger partial charge in [0.05, 0.1) is 0 Å². The van der Waals surface area contributed by atoms with Crippen LogP contribution in [0.1, 0.15) is 70.8 Å². The van der Waals surface area contributed by atoms with E-state index >= 15 is 0 Å². The van der Waals surface area contributed by atoms with Gasteiger partial charge in [0.25, 0.3) is 0 Å². The monoisotopic (exact) mass is 293 g/mol. The number of aliphatic carboxylic acids is 1. The number of carbonyl (C=O) groups is 1. The molecule has 0 spiro atoms. The fraction of sp³-hybridized carbons (Fsp3) is 0.667. The van der Waals surface area contributed by atoms with E-state index in [0.717, 1.165) is 6.92 Å². The van der Waals surface area contributed by atoms with Crippen LogP contribution in [0.15, 0.2) is 24.5 Å². The van der Waals surface area contributed by atoms with Crippen molar-refractivity contribution in [3.63, 3.8) is 0 Å². The molecule has 21 heavy (non-hydrogen) atoms. The summed E-state index contributed by atoms with van der Waals surface area (Å²) in [6.45, 7) is 6.56. The van der Waals surface area contributed by atoms with Crippen LogP contribution in [-0.4, -0.2) is 5.97 Å². The van der Waals surface area contributed by atoms with Crippen LogP contribution in [0.25, 0.3) is 0 Å². The zero-order valence-corrected chi connectivity index (χ0v) is 13.9. The molecule has 0 aliphatic heterocycles. The number of hydrogen-bond acceptors (Lipinski definition) is 2. The highest BCUT2D eigenvalue weighted by atomic mass is 16.4. The fourth-order valence-electron chi connectivity index (χ4n) is 2.11. The van der Waals surface area contributed by atoms with Gasteiger partial charge in [0.2, 0.25) is 0 Å². The van der Waals surface area contributed by atoms with Crippen LogP contribution in [0, 0.1) is 6.92 Å². The van der Waals surface area contributed by atoms with Gasteiger partial charge in [-0.3, -0.25) is 0 Å². The molecule has 1 rings (SSSR count). The maximum Gasteiger partial charge on any atom is 0.169 e. The van der Waals surface area contributed by atoms with Crippen LogP contribution in [0.3, 0.4) is 0 Å². The highest BCUT2D eigenvalue weighted by molar-refractivity contribution is 5.60. The van der Waals surface area contributed by atoms with Crippen LogP contribution in [0.5, 0.6) is 0 Å². The van der Waals surface area contributed by atoms with Crippen molar-refractivity contribution in [2.45, 2.75) is 78.7 Å². The average Bonchev–Trinajstić information content (AvgIpc) is 2.43. The van der Waals surface area contributed by atoms with Crippen molar-refractivity contribution in [2.75, 3.05) is 0 Å². The number of carboxylic acid groups (broad SMARTS) is 1. The van der Waals surface area contributed by atoms with Gasteiger partial charge in [-0.1, -0.05) is 45.4 Å². The molecule has 1 heterocycles. The van der Waals surface area contributed by atoms with E-state index in [1.807, 2.05) is 0 Å². The predicted octanol–water partition coefficient (Wildman–Crippen LogP) is 3.18. The summed E-state index contributed by atoms with van der Waals surface area (Å²) in [6.07, 6.45) is 15.6. The van der Waals surface area contributed by atoms with E-state index in [9.17, 15) is 0 Å². The van der Waals surface area contributed by atoms with Crippen molar-refractivity contribution in [1.29, 1.82) is 0 Å². The normalized spacial score (nSPS) is 9.86. The Balaban J connectivity index is 0.000000885. The first-order valence-corrected chi connectivity index (χ1v) is 8.19. The standard InChI is InChI=1S/C16H28N.C2H4O2/c1-3-4-5-6-7-8-9-10-13-17-14-11-16(2)12-15-17;1-2(3)4/h11-12,14-15H,3-10,13H2,1-2H3;1H3,(H,3,4)/q+1;/p-1. The first-order valence-electron chi connectivity index (χ1n) is 8.19. The van der Waals surface area contributed by atoms with Crippen LogP contribution >= 0.6 is 0 Å². The third-order valence-corrected chi connectivity index (χ3v) is 3.33. The summed E-state index contributed by atoms with van der Waals surface area (Å²) in [6, 6.07) is 4.37. The molecule has 1 aromatic heterocycles. The molecule has 3 heteroatoms. The van der Waals surface area contributed by atoms with Crippen molar-refractivity contribution < 1.29 is 14.5 Å². The van der Waals surface area contributed by atoms with Gasteiger partial charge >= 0.3 is 0 Å². The van der Waals surface area contributed by atoms with Gasteiger partial charge in [0, 0.05) is 24.5 Å². The largest absolute Gasteiger partial charge is 0.550 e. The van der Waals surface area contributed by atoms with Crippen LogP contribution in [0.2, 0.25) is 0 Å². The SMILES string of the molecule is CC(=O)[O-].CCCCCCCCCC[n+]1ccc(C)cc1. The Bertz CT molecular complexity index is 356. The minimum atomic E-state index is -1.08. The number of nitrogens with zero attached hydrogens (tertiary/aromatic N) is 1. The molecule has 0 amide bonds. The molecular weight excluding hydrogens is 262 g/mol. The average molecular weight is 293 g/mol. The van der Waals surface area contributed by atoms with E-state index in [4.69, 9.17) is 9.90 Å². The first kappa shape index (κ1) is 19.6. The smallest absolute Gasteiger partial charge is 0.169 e. The van der Waals surface area contributed by atoms with Crippen molar-refractivity contribution in [3.8, 4) is 0 Å². The number of hydrogen-bond donors (Lipinski definition) is 0. The second-order valence-electron chi connectivity index (χ2n) is 5.58. The lowest BCUT2D eigenvalue weighted by Gasteiger charge is -2.00. The van der Waals surface area contributed by atoms with Crippen molar-refractivity contribution in [3.05, 3.63) is 30.1 Å². The lowest BCUT2D eigenvalue weighted by molar-refractivity contribution is -0.697. The summed E-state index contributed by atoms with van der Waals surface area (Å²) in [4.78, 5) is 8.89. The Labute approximate surface area is 130 Å². The van der Waals surface area contributed by atoms with Crippen LogP contribution in [0.4, 0.5) is 0 Å². The highest BCUT2D eigenvalue weighted by Crippen LogP contribution is 2.08. The number of aromatic nitrogens is 1. The summed E-state index contributed by atoms with van der Waals surface area (Å²) in [5, 5.41) is 8.89. The Morgan fingerprint density at radius 2 is 1.43 bits per heavy atom. The van der Waals surface area contributed by atoms with Gasteiger partial charge in [-0.05, 0) is 25.8 Å². The lowest BCUT2D eigenvalue weighted by Crippen LogP contribution is -2.32. The minimum absolute atomic E-state index is 0.972. The molecule has 120 valence electrons. The third kappa shape index (κ3) is 14.8. The zero-order chi connectivity index (χ0) is 15.9. The fourth-order valence-corrected chi connectivity index (χ4v) is 2.11. The number of unbranched alkanes of at least 4 members (excludes halogenated alkanes) is 7. The van der Waals surface area contributed by atoms with E-state index in [1.165, 1.54) is 63.5 Å². The summed E-state index contributed by atoms with van der Waals surface area (Å²) < 4.78 is 2.30. The van der Waals surface area contributed by atoms with Crippen molar-refractivity contribution in [2.24, 2.45) is 0 Å². The molecule has 0 fully saturated rings. The number of rotatable bonds is 9. The molecule has 0 radical (unpaired) electrons. The first-order chi connectivity index (χ1) is 10.1. The molecule has 0 N–H and O–H groups in total. The number of carbonyl (C=O) groups excluding carboxylic acids is 1. The molecule has 0 unspecified atom stereocenters. The topological polar surface area (TPSA) is 44.0 Å². The summed E-state index contributed by atoms with van der Waals surface area (Å²) >= 11 is 0. The van der Waals surface area contributed by atoms with E-state index in [2.05, 4.69) is 42.9 Å². The van der Waals surface area contributed by atoms with Crippen LogP contribution in [-0.2, 0) is 11.3 Å². The van der Waals surface area contributed by atoms with Crippen molar-refractivity contribution in [1.82, 2.24) is 0 Å². The highest BCUT2D eigenvalue weighted by Gasteiger charge is 1.98. The Kier molecular flexibility index (Phi) is 12.7. The Hall–Kier alpha value is -1.38. The van der Waals surface area contributed by atoms with Gasteiger partial charge in [-0.25, -0.2) is 4.57 Å². The molecule has 0 saturated heterocycles. The van der Waals surface area contributed by atoms with E-state index in [-0.39, 0.29) is 0 Å². The molecular formula is C18H31NO2. The quantitative estimate of drug-likeness (QED) is 0.518. The maximum atomic E-state index is 8.89. The lowest BCUT2D eigenvalue weighted by atomic mass is 10.1.